The fourth-order valence-electron chi connectivity index (χ4n) is 5.72. The Hall–Kier alpha value is -3.94. The van der Waals surface area contributed by atoms with Crippen LogP contribution in [0.3, 0.4) is 0 Å². The van der Waals surface area contributed by atoms with Crippen LogP contribution in [0.4, 0.5) is 21.9 Å². The van der Waals surface area contributed by atoms with Gasteiger partial charge in [0.1, 0.15) is 0 Å². The molecule has 200 valence electrons. The average Bonchev–Trinajstić information content (AvgIpc) is 3.37. The number of rotatable bonds is 7. The molecule has 2 saturated heterocycles. The van der Waals surface area contributed by atoms with Gasteiger partial charge in [0, 0.05) is 80.5 Å². The van der Waals surface area contributed by atoms with Crippen molar-refractivity contribution in [3.8, 4) is 0 Å². The van der Waals surface area contributed by atoms with E-state index in [1.165, 1.54) is 16.6 Å². The van der Waals surface area contributed by atoms with Crippen molar-refractivity contribution in [3.63, 3.8) is 0 Å². The first-order chi connectivity index (χ1) is 19.1. The van der Waals surface area contributed by atoms with Gasteiger partial charge in [0.05, 0.1) is 5.52 Å². The molecule has 2 N–H and O–H groups in total. The van der Waals surface area contributed by atoms with Crippen LogP contribution >= 0.6 is 0 Å². The van der Waals surface area contributed by atoms with Gasteiger partial charge in [-0.3, -0.25) is 19.7 Å². The minimum atomic E-state index is 0.0302. The number of fused-ring (bicyclic) bond motifs is 1. The van der Waals surface area contributed by atoms with Crippen molar-refractivity contribution in [2.45, 2.75) is 19.9 Å². The summed E-state index contributed by atoms with van der Waals surface area (Å²) >= 11 is 0. The topological polar surface area (TPSA) is 68.9 Å². The lowest BCUT2D eigenvalue weighted by molar-refractivity contribution is 0.256. The first-order valence-electron chi connectivity index (χ1n) is 13.9. The standard InChI is InChI=1S/C32H36N6O/c1-24-8-13-29-30(34-24)6-3-7-31(29)36-18-16-35(17-19-36)15-14-25-4-2-5-28(22-25)38-21-20-37(32(38)39)27-11-9-26(23-33)10-12-27/h2-13,22H,14-21,23,33H2,1H3. The normalized spacial score (nSPS) is 16.5. The summed E-state index contributed by atoms with van der Waals surface area (Å²) in [5, 5.41) is 1.23. The van der Waals surface area contributed by atoms with E-state index in [1.807, 2.05) is 47.1 Å². The van der Waals surface area contributed by atoms with Crippen molar-refractivity contribution in [1.82, 2.24) is 9.88 Å². The van der Waals surface area contributed by atoms with Gasteiger partial charge in [-0.1, -0.05) is 30.3 Å². The van der Waals surface area contributed by atoms with E-state index in [9.17, 15) is 4.79 Å². The molecule has 0 saturated carbocycles. The van der Waals surface area contributed by atoms with Gasteiger partial charge in [0.25, 0.3) is 0 Å². The molecular formula is C32H36N6O. The molecule has 2 aliphatic heterocycles. The molecule has 0 atom stereocenters. The van der Waals surface area contributed by atoms with E-state index in [-0.39, 0.29) is 6.03 Å². The quantitative estimate of drug-likeness (QED) is 0.379. The van der Waals surface area contributed by atoms with Crippen molar-refractivity contribution in [3.05, 3.63) is 95.7 Å². The fourth-order valence-corrected chi connectivity index (χ4v) is 5.72. The van der Waals surface area contributed by atoms with Gasteiger partial charge in [-0.15, -0.1) is 0 Å². The molecule has 2 fully saturated rings. The third-order valence-corrected chi connectivity index (χ3v) is 7.99. The smallest absolute Gasteiger partial charge is 0.329 e. The number of pyridine rings is 1. The highest BCUT2D eigenvalue weighted by Crippen LogP contribution is 2.28. The molecular weight excluding hydrogens is 484 g/mol. The Bertz CT molecular complexity index is 1460. The van der Waals surface area contributed by atoms with E-state index >= 15 is 0 Å². The molecule has 6 rings (SSSR count). The molecule has 3 aromatic carbocycles. The fraction of sp³-hybridized carbons (Fsp3) is 0.312. The van der Waals surface area contributed by atoms with Crippen LogP contribution in [0.1, 0.15) is 16.8 Å². The lowest BCUT2D eigenvalue weighted by Gasteiger charge is -2.36. The van der Waals surface area contributed by atoms with Gasteiger partial charge in [0.15, 0.2) is 0 Å². The van der Waals surface area contributed by atoms with Crippen LogP contribution in [0.2, 0.25) is 0 Å². The summed E-state index contributed by atoms with van der Waals surface area (Å²) in [6.07, 6.45) is 0.970. The Labute approximate surface area is 230 Å². The number of aromatic nitrogens is 1. The van der Waals surface area contributed by atoms with Crippen molar-refractivity contribution in [2.75, 3.05) is 60.5 Å². The van der Waals surface area contributed by atoms with E-state index in [2.05, 4.69) is 58.3 Å². The molecule has 7 heteroatoms. The molecule has 0 radical (unpaired) electrons. The highest BCUT2D eigenvalue weighted by molar-refractivity contribution is 6.06. The van der Waals surface area contributed by atoms with E-state index in [1.54, 1.807) is 0 Å². The molecule has 0 bridgehead atoms. The maximum absolute atomic E-state index is 13.2. The summed E-state index contributed by atoms with van der Waals surface area (Å²) in [7, 11) is 0. The van der Waals surface area contributed by atoms with Gasteiger partial charge >= 0.3 is 6.03 Å². The minimum Gasteiger partial charge on any atom is -0.368 e. The Morgan fingerprint density at radius 3 is 2.28 bits per heavy atom. The zero-order chi connectivity index (χ0) is 26.8. The monoisotopic (exact) mass is 520 g/mol. The number of hydrogen-bond acceptors (Lipinski definition) is 5. The van der Waals surface area contributed by atoms with Crippen LogP contribution in [0, 0.1) is 6.92 Å². The van der Waals surface area contributed by atoms with Crippen LogP contribution < -0.4 is 20.4 Å². The second kappa shape index (κ2) is 11.0. The number of nitrogens with zero attached hydrogens (tertiary/aromatic N) is 5. The van der Waals surface area contributed by atoms with Crippen molar-refractivity contribution >= 4 is 34.0 Å². The molecule has 3 heterocycles. The lowest BCUT2D eigenvalue weighted by atomic mass is 10.1. The van der Waals surface area contributed by atoms with Crippen LogP contribution in [-0.4, -0.2) is 61.7 Å². The van der Waals surface area contributed by atoms with Crippen molar-refractivity contribution in [1.29, 1.82) is 0 Å². The van der Waals surface area contributed by atoms with Gasteiger partial charge in [-0.25, -0.2) is 4.79 Å². The second-order valence-corrected chi connectivity index (χ2v) is 10.5. The van der Waals surface area contributed by atoms with Crippen LogP contribution in [0.25, 0.3) is 10.9 Å². The Balaban J connectivity index is 1.05. The number of aryl methyl sites for hydroxylation is 1. The highest BCUT2D eigenvalue weighted by Gasteiger charge is 2.30. The zero-order valence-corrected chi connectivity index (χ0v) is 22.6. The van der Waals surface area contributed by atoms with Gasteiger partial charge in [-0.2, -0.15) is 0 Å². The maximum Gasteiger partial charge on any atom is 0.329 e. The molecule has 2 aliphatic rings. The first-order valence-corrected chi connectivity index (χ1v) is 13.9. The van der Waals surface area contributed by atoms with E-state index in [4.69, 9.17) is 10.7 Å². The number of piperazine rings is 1. The molecule has 39 heavy (non-hydrogen) atoms. The predicted molar refractivity (Wildman–Crippen MR) is 160 cm³/mol. The van der Waals surface area contributed by atoms with E-state index in [0.717, 1.165) is 67.3 Å². The Morgan fingerprint density at radius 2 is 1.51 bits per heavy atom. The van der Waals surface area contributed by atoms with Crippen LogP contribution in [0.5, 0.6) is 0 Å². The Kier molecular flexibility index (Phi) is 7.18. The molecule has 7 nitrogen and oxygen atoms in total. The van der Waals surface area contributed by atoms with Gasteiger partial charge < -0.3 is 10.6 Å². The zero-order valence-electron chi connectivity index (χ0n) is 22.6. The number of amides is 2. The van der Waals surface area contributed by atoms with Gasteiger partial charge in [-0.05, 0) is 73.0 Å². The predicted octanol–water partition coefficient (Wildman–Crippen LogP) is 4.81. The number of urea groups is 1. The summed E-state index contributed by atoms with van der Waals surface area (Å²) in [6.45, 7) is 9.03. The summed E-state index contributed by atoms with van der Waals surface area (Å²) < 4.78 is 0. The van der Waals surface area contributed by atoms with Gasteiger partial charge in [0.2, 0.25) is 0 Å². The largest absolute Gasteiger partial charge is 0.368 e. The van der Waals surface area contributed by atoms with Crippen LogP contribution in [-0.2, 0) is 13.0 Å². The average molecular weight is 521 g/mol. The number of nitrogens with two attached hydrogens (primary N) is 1. The number of benzene rings is 3. The lowest BCUT2D eigenvalue weighted by Crippen LogP contribution is -2.47. The van der Waals surface area contributed by atoms with E-state index in [0.29, 0.717) is 19.6 Å². The van der Waals surface area contributed by atoms with Crippen molar-refractivity contribution in [2.24, 2.45) is 5.73 Å². The summed E-state index contributed by atoms with van der Waals surface area (Å²) in [4.78, 5) is 26.7. The minimum absolute atomic E-state index is 0.0302. The molecule has 0 unspecified atom stereocenters. The SMILES string of the molecule is Cc1ccc2c(N3CCN(CCc4cccc(N5CCN(c6ccc(CN)cc6)C5=O)c4)CC3)cccc2n1. The molecule has 0 aliphatic carbocycles. The maximum atomic E-state index is 13.2. The summed E-state index contributed by atoms with van der Waals surface area (Å²) in [5.74, 6) is 0. The third-order valence-electron chi connectivity index (χ3n) is 7.99. The van der Waals surface area contributed by atoms with Crippen molar-refractivity contribution < 1.29 is 4.79 Å². The highest BCUT2D eigenvalue weighted by atomic mass is 16.2. The first kappa shape index (κ1) is 25.3. The molecule has 0 spiro atoms. The molecule has 1 aromatic heterocycles. The summed E-state index contributed by atoms with van der Waals surface area (Å²) in [5.41, 5.74) is 13.4. The third kappa shape index (κ3) is 5.33. The van der Waals surface area contributed by atoms with Crippen LogP contribution in [0.15, 0.2) is 78.9 Å². The number of carbonyl (C=O) groups excluding carboxylic acids is 1. The number of anilines is 3. The molecule has 4 aromatic rings. The summed E-state index contributed by atoms with van der Waals surface area (Å²) in [6, 6.07) is 27.2. The Morgan fingerprint density at radius 1 is 0.769 bits per heavy atom. The molecule has 2 amide bonds. The second-order valence-electron chi connectivity index (χ2n) is 10.5. The number of hydrogen-bond donors (Lipinski definition) is 1. The number of carbonyl (C=O) groups is 1. The van der Waals surface area contributed by atoms with E-state index < -0.39 is 0 Å².